The molecule has 0 heterocycles. The van der Waals surface area contributed by atoms with Crippen LogP contribution in [0.4, 0.5) is 13.2 Å². The van der Waals surface area contributed by atoms with E-state index < -0.39 is 11.7 Å². The van der Waals surface area contributed by atoms with Crippen LogP contribution in [0.1, 0.15) is 11.1 Å². The highest BCUT2D eigenvalue weighted by atomic mass is 35.5. The molecule has 20 heavy (non-hydrogen) atoms. The standard InChI is InChI=1S/C15H14F3N.ClH/c16-15(17,18)13-7-5-12(6-8-13)14-4-2-1-3-11(14)9-10-19;/h1-8H,9-10,19H2;1H. The van der Waals surface area contributed by atoms with Gasteiger partial charge in [-0.3, -0.25) is 0 Å². The molecule has 0 aliphatic heterocycles. The van der Waals surface area contributed by atoms with Gasteiger partial charge in [0.1, 0.15) is 0 Å². The van der Waals surface area contributed by atoms with Crippen molar-refractivity contribution >= 4 is 12.4 Å². The lowest BCUT2D eigenvalue weighted by atomic mass is 9.97. The highest BCUT2D eigenvalue weighted by Gasteiger charge is 2.29. The van der Waals surface area contributed by atoms with Crippen molar-refractivity contribution in [1.29, 1.82) is 0 Å². The number of nitrogens with two attached hydrogens (primary N) is 1. The third-order valence-electron chi connectivity index (χ3n) is 2.95. The van der Waals surface area contributed by atoms with Crippen molar-refractivity contribution < 1.29 is 13.2 Å². The molecule has 108 valence electrons. The van der Waals surface area contributed by atoms with E-state index in [9.17, 15) is 13.2 Å². The highest BCUT2D eigenvalue weighted by Crippen LogP contribution is 2.31. The molecular formula is C15H15ClF3N. The van der Waals surface area contributed by atoms with Gasteiger partial charge in [0.25, 0.3) is 0 Å². The molecule has 0 aliphatic carbocycles. The number of rotatable bonds is 3. The van der Waals surface area contributed by atoms with Crippen molar-refractivity contribution in [3.63, 3.8) is 0 Å². The molecule has 0 fully saturated rings. The lowest BCUT2D eigenvalue weighted by Gasteiger charge is -2.11. The Balaban J connectivity index is 0.00000200. The lowest BCUT2D eigenvalue weighted by Crippen LogP contribution is -2.05. The van der Waals surface area contributed by atoms with Gasteiger partial charge in [0.2, 0.25) is 0 Å². The maximum atomic E-state index is 12.5. The molecular weight excluding hydrogens is 287 g/mol. The molecule has 0 aliphatic rings. The zero-order valence-electron chi connectivity index (χ0n) is 10.7. The second-order valence-corrected chi connectivity index (χ2v) is 4.27. The fourth-order valence-electron chi connectivity index (χ4n) is 2.01. The normalized spacial score (nSPS) is 11.0. The van der Waals surface area contributed by atoms with Gasteiger partial charge in [-0.15, -0.1) is 12.4 Å². The van der Waals surface area contributed by atoms with Crippen LogP contribution in [-0.2, 0) is 12.6 Å². The largest absolute Gasteiger partial charge is 0.416 e. The van der Waals surface area contributed by atoms with E-state index in [0.717, 1.165) is 28.8 Å². The topological polar surface area (TPSA) is 26.0 Å². The minimum Gasteiger partial charge on any atom is -0.330 e. The molecule has 2 aromatic rings. The first-order chi connectivity index (χ1) is 9.02. The van der Waals surface area contributed by atoms with Crippen LogP contribution in [0.15, 0.2) is 48.5 Å². The van der Waals surface area contributed by atoms with Crippen LogP contribution in [0.5, 0.6) is 0 Å². The van der Waals surface area contributed by atoms with E-state index in [0.29, 0.717) is 13.0 Å². The third kappa shape index (κ3) is 3.74. The van der Waals surface area contributed by atoms with E-state index in [2.05, 4.69) is 0 Å². The number of hydrogen-bond acceptors (Lipinski definition) is 1. The summed E-state index contributed by atoms with van der Waals surface area (Å²) in [5, 5.41) is 0. The molecule has 0 atom stereocenters. The SMILES string of the molecule is Cl.NCCc1ccccc1-c1ccc(C(F)(F)F)cc1. The van der Waals surface area contributed by atoms with Crippen molar-refractivity contribution in [2.45, 2.75) is 12.6 Å². The van der Waals surface area contributed by atoms with Crippen molar-refractivity contribution in [2.75, 3.05) is 6.54 Å². The van der Waals surface area contributed by atoms with E-state index in [4.69, 9.17) is 5.73 Å². The van der Waals surface area contributed by atoms with Crippen molar-refractivity contribution in [3.05, 3.63) is 59.7 Å². The molecule has 0 saturated carbocycles. The van der Waals surface area contributed by atoms with Gasteiger partial charge in [-0.25, -0.2) is 0 Å². The van der Waals surface area contributed by atoms with Gasteiger partial charge < -0.3 is 5.73 Å². The molecule has 0 bridgehead atoms. The molecule has 2 aromatic carbocycles. The minimum absolute atomic E-state index is 0. The van der Waals surface area contributed by atoms with Crippen LogP contribution in [-0.4, -0.2) is 6.54 Å². The quantitative estimate of drug-likeness (QED) is 0.899. The van der Waals surface area contributed by atoms with Gasteiger partial charge >= 0.3 is 6.18 Å². The highest BCUT2D eigenvalue weighted by molar-refractivity contribution is 5.85. The molecule has 0 unspecified atom stereocenters. The Labute approximate surface area is 122 Å². The van der Waals surface area contributed by atoms with E-state index in [1.54, 1.807) is 0 Å². The Morgan fingerprint density at radius 1 is 0.900 bits per heavy atom. The molecule has 2 N–H and O–H groups in total. The molecule has 0 saturated heterocycles. The van der Waals surface area contributed by atoms with Gasteiger partial charge in [0.15, 0.2) is 0 Å². The smallest absolute Gasteiger partial charge is 0.330 e. The average Bonchev–Trinajstić information content (AvgIpc) is 2.39. The summed E-state index contributed by atoms with van der Waals surface area (Å²) in [6.45, 7) is 0.512. The second-order valence-electron chi connectivity index (χ2n) is 4.27. The maximum absolute atomic E-state index is 12.5. The fraction of sp³-hybridized carbons (Fsp3) is 0.200. The van der Waals surface area contributed by atoms with Crippen LogP contribution in [0.25, 0.3) is 11.1 Å². The lowest BCUT2D eigenvalue weighted by molar-refractivity contribution is -0.137. The first-order valence-corrected chi connectivity index (χ1v) is 5.98. The van der Waals surface area contributed by atoms with E-state index in [1.165, 1.54) is 12.1 Å². The van der Waals surface area contributed by atoms with E-state index in [1.807, 2.05) is 24.3 Å². The van der Waals surface area contributed by atoms with Gasteiger partial charge in [-0.1, -0.05) is 36.4 Å². The first-order valence-electron chi connectivity index (χ1n) is 5.98. The molecule has 0 spiro atoms. The molecule has 0 aromatic heterocycles. The summed E-state index contributed by atoms with van der Waals surface area (Å²) in [6, 6.07) is 12.8. The Bertz CT molecular complexity index is 550. The number of hydrogen-bond donors (Lipinski definition) is 1. The van der Waals surface area contributed by atoms with Gasteiger partial charge in [0, 0.05) is 0 Å². The monoisotopic (exact) mass is 301 g/mol. The number of alkyl halides is 3. The summed E-state index contributed by atoms with van der Waals surface area (Å²) in [4.78, 5) is 0. The Morgan fingerprint density at radius 3 is 2.05 bits per heavy atom. The van der Waals surface area contributed by atoms with Crippen LogP contribution in [0.2, 0.25) is 0 Å². The predicted octanol–water partition coefficient (Wildman–Crippen LogP) is 4.30. The van der Waals surface area contributed by atoms with Crippen molar-refractivity contribution in [1.82, 2.24) is 0 Å². The van der Waals surface area contributed by atoms with Crippen LogP contribution in [0, 0.1) is 0 Å². The molecule has 0 radical (unpaired) electrons. The average molecular weight is 302 g/mol. The van der Waals surface area contributed by atoms with Gasteiger partial charge in [-0.2, -0.15) is 13.2 Å². The van der Waals surface area contributed by atoms with Crippen molar-refractivity contribution in [2.24, 2.45) is 5.73 Å². The summed E-state index contributed by atoms with van der Waals surface area (Å²) in [5.41, 5.74) is 7.66. The minimum atomic E-state index is -4.30. The summed E-state index contributed by atoms with van der Waals surface area (Å²) in [6.07, 6.45) is -3.59. The third-order valence-corrected chi connectivity index (χ3v) is 2.95. The van der Waals surface area contributed by atoms with Crippen LogP contribution >= 0.6 is 12.4 Å². The Morgan fingerprint density at radius 2 is 1.50 bits per heavy atom. The van der Waals surface area contributed by atoms with Gasteiger partial charge in [-0.05, 0) is 41.8 Å². The van der Waals surface area contributed by atoms with Crippen LogP contribution < -0.4 is 5.73 Å². The summed E-state index contributed by atoms with van der Waals surface area (Å²) >= 11 is 0. The zero-order valence-corrected chi connectivity index (χ0v) is 11.5. The summed E-state index contributed by atoms with van der Waals surface area (Å²) < 4.78 is 37.5. The summed E-state index contributed by atoms with van der Waals surface area (Å²) in [5.74, 6) is 0. The molecule has 5 heteroatoms. The Kier molecular flexibility index (Phi) is 5.60. The van der Waals surface area contributed by atoms with E-state index >= 15 is 0 Å². The number of halogens is 4. The van der Waals surface area contributed by atoms with Crippen LogP contribution in [0.3, 0.4) is 0 Å². The Hall–Kier alpha value is -1.52. The van der Waals surface area contributed by atoms with Crippen molar-refractivity contribution in [3.8, 4) is 11.1 Å². The fourth-order valence-corrected chi connectivity index (χ4v) is 2.01. The maximum Gasteiger partial charge on any atom is 0.416 e. The molecule has 0 amide bonds. The zero-order chi connectivity index (χ0) is 13.9. The van der Waals surface area contributed by atoms with E-state index in [-0.39, 0.29) is 12.4 Å². The predicted molar refractivity (Wildman–Crippen MR) is 76.9 cm³/mol. The molecule has 1 nitrogen and oxygen atoms in total. The first kappa shape index (κ1) is 16.5. The summed E-state index contributed by atoms with van der Waals surface area (Å²) in [7, 11) is 0. The molecule has 2 rings (SSSR count). The number of benzene rings is 2. The van der Waals surface area contributed by atoms with Gasteiger partial charge in [0.05, 0.1) is 5.56 Å². The second kappa shape index (κ2) is 6.77.